The predicted octanol–water partition coefficient (Wildman–Crippen LogP) is 2.62. The highest BCUT2D eigenvalue weighted by atomic mass is 16.5. The molecule has 6 nitrogen and oxygen atoms in total. The highest BCUT2D eigenvalue weighted by molar-refractivity contribution is 6.11. The number of ether oxygens (including phenoxy) is 2. The molecule has 2 amide bonds. The lowest BCUT2D eigenvalue weighted by Gasteiger charge is -2.23. The Hall–Kier alpha value is -2.86. The molecule has 2 heterocycles. The number of aryl methyl sites for hydroxylation is 1. The Balaban J connectivity index is 1.81. The number of carbonyl (C=O) groups is 2. The first-order valence-electron chi connectivity index (χ1n) is 9.62. The minimum atomic E-state index is -0.854. The van der Waals surface area contributed by atoms with Gasteiger partial charge in [0.25, 0.3) is 11.8 Å². The summed E-state index contributed by atoms with van der Waals surface area (Å²) in [6.45, 7) is 3.70. The fraction of sp³-hybridized carbons (Fsp3) is 0.364. The van der Waals surface area contributed by atoms with Crippen LogP contribution in [-0.2, 0) is 20.7 Å². The molecule has 2 saturated heterocycles. The maximum absolute atomic E-state index is 13.1. The van der Waals surface area contributed by atoms with E-state index in [4.69, 9.17) is 9.47 Å². The van der Waals surface area contributed by atoms with Crippen molar-refractivity contribution in [2.75, 3.05) is 33.4 Å². The first-order valence-corrected chi connectivity index (χ1v) is 9.62. The average Bonchev–Trinajstić information content (AvgIpc) is 2.90. The smallest absolute Gasteiger partial charge is 0.258 e. The molecule has 0 aliphatic carbocycles. The summed E-state index contributed by atoms with van der Waals surface area (Å²) < 4.78 is 11.1. The number of nitrogens with zero attached hydrogens (tertiary/aromatic N) is 2. The molecule has 28 heavy (non-hydrogen) atoms. The number of benzene rings is 2. The number of carbonyl (C=O) groups excluding carboxylic acids is 2. The Morgan fingerprint density at radius 1 is 1.00 bits per heavy atom. The lowest BCUT2D eigenvalue weighted by atomic mass is 9.88. The molecule has 0 spiro atoms. The minimum absolute atomic E-state index is 0.198. The van der Waals surface area contributed by atoms with E-state index in [0.717, 1.165) is 16.7 Å². The summed E-state index contributed by atoms with van der Waals surface area (Å²) in [7, 11) is 1.59. The summed E-state index contributed by atoms with van der Waals surface area (Å²) in [4.78, 5) is 26.3. The van der Waals surface area contributed by atoms with Crippen LogP contribution in [-0.4, -0.2) is 55.2 Å². The van der Waals surface area contributed by atoms with Crippen molar-refractivity contribution in [1.29, 1.82) is 0 Å². The van der Waals surface area contributed by atoms with Gasteiger partial charge in [-0.05, 0) is 29.2 Å². The summed E-state index contributed by atoms with van der Waals surface area (Å²) in [6, 6.07) is 14.0. The molecule has 0 bridgehead atoms. The van der Waals surface area contributed by atoms with Crippen molar-refractivity contribution in [3.05, 3.63) is 53.6 Å². The third-order valence-electron chi connectivity index (χ3n) is 5.41. The number of hydrazine groups is 1. The van der Waals surface area contributed by atoms with Crippen LogP contribution in [0.15, 0.2) is 42.5 Å². The van der Waals surface area contributed by atoms with E-state index >= 15 is 0 Å². The molecule has 2 aliphatic rings. The fourth-order valence-corrected chi connectivity index (χ4v) is 4.03. The Labute approximate surface area is 164 Å². The molecule has 0 N–H and O–H groups in total. The third-order valence-corrected chi connectivity index (χ3v) is 5.41. The zero-order valence-corrected chi connectivity index (χ0v) is 16.2. The van der Waals surface area contributed by atoms with E-state index in [-0.39, 0.29) is 11.8 Å². The van der Waals surface area contributed by atoms with Gasteiger partial charge in [-0.15, -0.1) is 0 Å². The highest BCUT2D eigenvalue weighted by Gasteiger charge is 2.48. The molecule has 0 saturated carbocycles. The lowest BCUT2D eigenvalue weighted by Crippen LogP contribution is -2.41. The average molecular weight is 380 g/mol. The number of amides is 2. The molecule has 0 unspecified atom stereocenters. The standard InChI is InChI=1S/C22H24N2O4/c1-3-15-13-17(16-7-5-4-6-8-16)14-18(27-2)19(15)20-21(25)23-9-11-28-12-10-24(23)22(20)26/h4-8,13-14,20H,3,9-12H2,1-2H3. The molecular formula is C22H24N2O4. The third kappa shape index (κ3) is 3.03. The Kier molecular flexibility index (Phi) is 5.05. The van der Waals surface area contributed by atoms with Gasteiger partial charge < -0.3 is 9.47 Å². The summed E-state index contributed by atoms with van der Waals surface area (Å²) in [5.74, 6) is -0.667. The first kappa shape index (κ1) is 18.5. The van der Waals surface area contributed by atoms with Gasteiger partial charge >= 0.3 is 0 Å². The molecule has 2 fully saturated rings. The highest BCUT2D eigenvalue weighted by Crippen LogP contribution is 2.40. The van der Waals surface area contributed by atoms with Crippen LogP contribution >= 0.6 is 0 Å². The van der Waals surface area contributed by atoms with Gasteiger partial charge in [-0.25, -0.2) is 10.0 Å². The molecule has 0 radical (unpaired) electrons. The van der Waals surface area contributed by atoms with Crippen molar-refractivity contribution >= 4 is 11.8 Å². The second-order valence-electron chi connectivity index (χ2n) is 6.94. The van der Waals surface area contributed by atoms with Crippen LogP contribution in [0.4, 0.5) is 0 Å². The van der Waals surface area contributed by atoms with Gasteiger partial charge in [-0.3, -0.25) is 9.59 Å². The van der Waals surface area contributed by atoms with Gasteiger partial charge in [0, 0.05) is 5.56 Å². The van der Waals surface area contributed by atoms with Gasteiger partial charge in [-0.1, -0.05) is 43.3 Å². The van der Waals surface area contributed by atoms with Gasteiger partial charge in [0.15, 0.2) is 0 Å². The van der Waals surface area contributed by atoms with Crippen LogP contribution in [0.3, 0.4) is 0 Å². The minimum Gasteiger partial charge on any atom is -0.496 e. The Bertz CT molecular complexity index is 848. The van der Waals surface area contributed by atoms with Gasteiger partial charge in [0.1, 0.15) is 11.7 Å². The van der Waals surface area contributed by atoms with E-state index in [1.165, 1.54) is 10.0 Å². The van der Waals surface area contributed by atoms with Crippen molar-refractivity contribution in [3.8, 4) is 16.9 Å². The van der Waals surface area contributed by atoms with Gasteiger partial charge in [-0.2, -0.15) is 0 Å². The predicted molar refractivity (Wildman–Crippen MR) is 105 cm³/mol. The normalized spacial score (nSPS) is 17.6. The number of hydrogen-bond donors (Lipinski definition) is 0. The van der Waals surface area contributed by atoms with Crippen molar-refractivity contribution in [2.45, 2.75) is 19.3 Å². The zero-order chi connectivity index (χ0) is 19.7. The number of rotatable bonds is 4. The van der Waals surface area contributed by atoms with E-state index in [0.29, 0.717) is 44.0 Å². The molecule has 4 rings (SSSR count). The van der Waals surface area contributed by atoms with Crippen LogP contribution < -0.4 is 4.74 Å². The second-order valence-corrected chi connectivity index (χ2v) is 6.94. The number of methoxy groups -OCH3 is 1. The molecule has 2 aromatic carbocycles. The summed E-state index contributed by atoms with van der Waals surface area (Å²) in [5, 5.41) is 3.06. The maximum atomic E-state index is 13.1. The van der Waals surface area contributed by atoms with Gasteiger partial charge in [0.2, 0.25) is 0 Å². The number of fused-ring (bicyclic) bond motifs is 1. The molecule has 2 aliphatic heterocycles. The monoisotopic (exact) mass is 380 g/mol. The first-order chi connectivity index (χ1) is 13.7. The van der Waals surface area contributed by atoms with Crippen molar-refractivity contribution in [3.63, 3.8) is 0 Å². The van der Waals surface area contributed by atoms with Gasteiger partial charge in [0.05, 0.1) is 33.4 Å². The van der Waals surface area contributed by atoms with E-state index in [1.54, 1.807) is 7.11 Å². The van der Waals surface area contributed by atoms with E-state index < -0.39 is 5.92 Å². The fourth-order valence-electron chi connectivity index (χ4n) is 4.03. The van der Waals surface area contributed by atoms with Crippen LogP contribution in [0.25, 0.3) is 11.1 Å². The van der Waals surface area contributed by atoms with Crippen LogP contribution in [0.2, 0.25) is 0 Å². The van der Waals surface area contributed by atoms with Crippen LogP contribution in [0.1, 0.15) is 24.0 Å². The molecule has 2 aromatic rings. The quantitative estimate of drug-likeness (QED) is 0.765. The molecular weight excluding hydrogens is 356 g/mol. The Morgan fingerprint density at radius 3 is 2.21 bits per heavy atom. The SMILES string of the molecule is CCc1cc(-c2ccccc2)cc(OC)c1C1C(=O)N2CCOCCN2C1=O. The number of hydrogen-bond acceptors (Lipinski definition) is 4. The van der Waals surface area contributed by atoms with Crippen molar-refractivity contribution in [1.82, 2.24) is 10.0 Å². The molecule has 0 atom stereocenters. The second kappa shape index (κ2) is 7.64. The van der Waals surface area contributed by atoms with Crippen molar-refractivity contribution in [2.24, 2.45) is 0 Å². The van der Waals surface area contributed by atoms with Crippen LogP contribution in [0, 0.1) is 0 Å². The summed E-state index contributed by atoms with van der Waals surface area (Å²) in [5.41, 5.74) is 3.73. The van der Waals surface area contributed by atoms with E-state index in [9.17, 15) is 9.59 Å². The Morgan fingerprint density at radius 2 is 1.64 bits per heavy atom. The summed E-state index contributed by atoms with van der Waals surface area (Å²) in [6.07, 6.45) is 0.701. The largest absolute Gasteiger partial charge is 0.496 e. The summed E-state index contributed by atoms with van der Waals surface area (Å²) >= 11 is 0. The van der Waals surface area contributed by atoms with E-state index in [1.807, 2.05) is 43.3 Å². The molecule has 146 valence electrons. The molecule has 6 heteroatoms. The lowest BCUT2D eigenvalue weighted by molar-refractivity contribution is -0.145. The zero-order valence-electron chi connectivity index (χ0n) is 16.2. The molecule has 0 aromatic heterocycles. The maximum Gasteiger partial charge on any atom is 0.258 e. The topological polar surface area (TPSA) is 59.1 Å². The van der Waals surface area contributed by atoms with Crippen LogP contribution in [0.5, 0.6) is 5.75 Å². The van der Waals surface area contributed by atoms with E-state index in [2.05, 4.69) is 6.07 Å². The van der Waals surface area contributed by atoms with Crippen molar-refractivity contribution < 1.29 is 19.1 Å².